The third-order valence-electron chi connectivity index (χ3n) is 2.79. The SMILES string of the molecule is O=C(NC1CC1)N[C@@H](Cc1ccccc1)C(=O)[O-]. The first-order chi connectivity index (χ1) is 8.65. The van der Waals surface area contributed by atoms with Crippen molar-refractivity contribution in [2.24, 2.45) is 0 Å². The molecule has 0 aromatic heterocycles. The minimum Gasteiger partial charge on any atom is -0.548 e. The molecule has 1 atom stereocenters. The Morgan fingerprint density at radius 2 is 1.94 bits per heavy atom. The summed E-state index contributed by atoms with van der Waals surface area (Å²) < 4.78 is 0. The van der Waals surface area contributed by atoms with Gasteiger partial charge in [0.25, 0.3) is 0 Å². The van der Waals surface area contributed by atoms with E-state index in [4.69, 9.17) is 0 Å². The molecule has 5 heteroatoms. The van der Waals surface area contributed by atoms with Gasteiger partial charge in [0, 0.05) is 6.04 Å². The van der Waals surface area contributed by atoms with Crippen LogP contribution in [0.15, 0.2) is 30.3 Å². The average molecular weight is 247 g/mol. The lowest BCUT2D eigenvalue weighted by Crippen LogP contribution is -2.52. The van der Waals surface area contributed by atoms with Gasteiger partial charge in [-0.25, -0.2) is 4.79 Å². The number of rotatable bonds is 5. The van der Waals surface area contributed by atoms with E-state index in [2.05, 4.69) is 10.6 Å². The van der Waals surface area contributed by atoms with E-state index in [0.717, 1.165) is 18.4 Å². The van der Waals surface area contributed by atoms with Crippen LogP contribution < -0.4 is 15.7 Å². The number of carboxylic acid groups (broad SMARTS) is 1. The summed E-state index contributed by atoms with van der Waals surface area (Å²) in [6.07, 6.45) is 2.14. The lowest BCUT2D eigenvalue weighted by molar-refractivity contribution is -0.308. The van der Waals surface area contributed by atoms with Gasteiger partial charge in [-0.05, 0) is 24.8 Å². The summed E-state index contributed by atoms with van der Waals surface area (Å²) in [5.74, 6) is -1.27. The van der Waals surface area contributed by atoms with Crippen LogP contribution in [0.4, 0.5) is 4.79 Å². The molecule has 1 aromatic rings. The predicted molar refractivity (Wildman–Crippen MR) is 63.6 cm³/mol. The molecule has 1 saturated carbocycles. The summed E-state index contributed by atoms with van der Waals surface area (Å²) in [7, 11) is 0. The fourth-order valence-corrected chi connectivity index (χ4v) is 1.66. The van der Waals surface area contributed by atoms with Crippen molar-refractivity contribution in [3.63, 3.8) is 0 Å². The molecule has 0 spiro atoms. The molecule has 1 aliphatic carbocycles. The fourth-order valence-electron chi connectivity index (χ4n) is 1.66. The maximum atomic E-state index is 11.5. The van der Waals surface area contributed by atoms with E-state index in [1.807, 2.05) is 30.3 Å². The molecule has 0 heterocycles. The molecular formula is C13H15N2O3-. The molecule has 0 saturated heterocycles. The van der Waals surface area contributed by atoms with Gasteiger partial charge < -0.3 is 20.5 Å². The summed E-state index contributed by atoms with van der Waals surface area (Å²) >= 11 is 0. The number of urea groups is 1. The van der Waals surface area contributed by atoms with E-state index in [1.165, 1.54) is 0 Å². The Morgan fingerprint density at radius 1 is 1.28 bits per heavy atom. The molecule has 1 aliphatic rings. The summed E-state index contributed by atoms with van der Waals surface area (Å²) in [4.78, 5) is 22.5. The second-order valence-corrected chi connectivity index (χ2v) is 4.45. The van der Waals surface area contributed by atoms with E-state index in [0.29, 0.717) is 0 Å². The molecule has 5 nitrogen and oxygen atoms in total. The first-order valence-corrected chi connectivity index (χ1v) is 5.97. The van der Waals surface area contributed by atoms with Gasteiger partial charge in [0.1, 0.15) is 0 Å². The van der Waals surface area contributed by atoms with Crippen LogP contribution in [0.2, 0.25) is 0 Å². The smallest absolute Gasteiger partial charge is 0.315 e. The third kappa shape index (κ3) is 3.76. The number of hydrogen-bond donors (Lipinski definition) is 2. The highest BCUT2D eigenvalue weighted by atomic mass is 16.4. The third-order valence-corrected chi connectivity index (χ3v) is 2.79. The monoisotopic (exact) mass is 247 g/mol. The summed E-state index contributed by atoms with van der Waals surface area (Å²) in [6.45, 7) is 0. The molecule has 96 valence electrons. The number of carbonyl (C=O) groups is 2. The molecular weight excluding hydrogens is 232 g/mol. The predicted octanol–water partition coefficient (Wildman–Crippen LogP) is -0.191. The highest BCUT2D eigenvalue weighted by molar-refractivity contribution is 5.82. The first-order valence-electron chi connectivity index (χ1n) is 5.97. The molecule has 2 N–H and O–H groups in total. The molecule has 0 bridgehead atoms. The highest BCUT2D eigenvalue weighted by Crippen LogP contribution is 2.18. The van der Waals surface area contributed by atoms with Crippen LogP contribution in [-0.4, -0.2) is 24.1 Å². The zero-order chi connectivity index (χ0) is 13.0. The van der Waals surface area contributed by atoms with Crippen LogP contribution in [0, 0.1) is 0 Å². The van der Waals surface area contributed by atoms with Crippen molar-refractivity contribution < 1.29 is 14.7 Å². The van der Waals surface area contributed by atoms with Crippen LogP contribution in [0.1, 0.15) is 18.4 Å². The van der Waals surface area contributed by atoms with Gasteiger partial charge in [-0.2, -0.15) is 0 Å². The van der Waals surface area contributed by atoms with Crippen molar-refractivity contribution in [2.45, 2.75) is 31.3 Å². The molecule has 1 aromatic carbocycles. The van der Waals surface area contributed by atoms with E-state index < -0.39 is 18.0 Å². The van der Waals surface area contributed by atoms with Crippen molar-refractivity contribution >= 4 is 12.0 Å². The molecule has 0 aliphatic heterocycles. The number of nitrogens with one attached hydrogen (secondary N) is 2. The minimum atomic E-state index is -1.27. The van der Waals surface area contributed by atoms with Crippen LogP contribution in [0.5, 0.6) is 0 Å². The Labute approximate surface area is 105 Å². The van der Waals surface area contributed by atoms with E-state index in [1.54, 1.807) is 0 Å². The Bertz CT molecular complexity index is 429. The Morgan fingerprint density at radius 3 is 2.50 bits per heavy atom. The standard InChI is InChI=1S/C13H16N2O3/c16-12(17)11(8-9-4-2-1-3-5-9)15-13(18)14-10-6-7-10/h1-5,10-11H,6-8H2,(H,16,17)(H2,14,15,18)/p-1/t11-/m0/s1. The molecule has 2 amide bonds. The zero-order valence-corrected chi connectivity index (χ0v) is 9.89. The van der Waals surface area contributed by atoms with Crippen LogP contribution in [-0.2, 0) is 11.2 Å². The van der Waals surface area contributed by atoms with Crippen LogP contribution in [0.3, 0.4) is 0 Å². The average Bonchev–Trinajstić information content (AvgIpc) is 3.13. The molecule has 0 unspecified atom stereocenters. The molecule has 18 heavy (non-hydrogen) atoms. The van der Waals surface area contributed by atoms with Crippen molar-refractivity contribution in [1.29, 1.82) is 0 Å². The quantitative estimate of drug-likeness (QED) is 0.756. The minimum absolute atomic E-state index is 0.198. The molecule has 2 rings (SSSR count). The second-order valence-electron chi connectivity index (χ2n) is 4.45. The Kier molecular flexibility index (Phi) is 3.82. The van der Waals surface area contributed by atoms with Crippen molar-refractivity contribution in [2.75, 3.05) is 0 Å². The number of benzene rings is 1. The topological polar surface area (TPSA) is 81.3 Å². The van der Waals surface area contributed by atoms with Crippen LogP contribution >= 0.6 is 0 Å². The van der Waals surface area contributed by atoms with Gasteiger partial charge in [0.2, 0.25) is 0 Å². The van der Waals surface area contributed by atoms with E-state index in [9.17, 15) is 14.7 Å². The molecule has 0 radical (unpaired) electrons. The van der Waals surface area contributed by atoms with Gasteiger partial charge in [-0.3, -0.25) is 0 Å². The van der Waals surface area contributed by atoms with Gasteiger partial charge in [-0.1, -0.05) is 30.3 Å². The van der Waals surface area contributed by atoms with Crippen molar-refractivity contribution in [3.05, 3.63) is 35.9 Å². The number of carboxylic acids is 1. The number of hydrogen-bond acceptors (Lipinski definition) is 3. The lowest BCUT2D eigenvalue weighted by Gasteiger charge is -2.20. The van der Waals surface area contributed by atoms with Crippen LogP contribution in [0.25, 0.3) is 0 Å². The summed E-state index contributed by atoms with van der Waals surface area (Å²) in [5, 5.41) is 16.1. The number of carbonyl (C=O) groups excluding carboxylic acids is 2. The van der Waals surface area contributed by atoms with Crippen molar-refractivity contribution in [3.8, 4) is 0 Å². The first kappa shape index (κ1) is 12.4. The summed E-state index contributed by atoms with van der Waals surface area (Å²) in [5.41, 5.74) is 0.846. The molecule has 1 fully saturated rings. The van der Waals surface area contributed by atoms with Crippen molar-refractivity contribution in [1.82, 2.24) is 10.6 Å². The van der Waals surface area contributed by atoms with E-state index in [-0.39, 0.29) is 12.5 Å². The van der Waals surface area contributed by atoms with Gasteiger partial charge in [-0.15, -0.1) is 0 Å². The lowest BCUT2D eigenvalue weighted by atomic mass is 10.1. The second kappa shape index (κ2) is 5.53. The van der Waals surface area contributed by atoms with Gasteiger partial charge in [0.15, 0.2) is 0 Å². The number of amides is 2. The summed E-state index contributed by atoms with van der Waals surface area (Å²) in [6, 6.07) is 7.88. The Balaban J connectivity index is 1.91. The van der Waals surface area contributed by atoms with E-state index >= 15 is 0 Å². The fraction of sp³-hybridized carbons (Fsp3) is 0.385. The van der Waals surface area contributed by atoms with Gasteiger partial charge >= 0.3 is 6.03 Å². The van der Waals surface area contributed by atoms with Gasteiger partial charge in [0.05, 0.1) is 12.0 Å². The maximum Gasteiger partial charge on any atom is 0.315 e. The normalized spacial score (nSPS) is 15.8. The number of aliphatic carboxylic acids is 1. The highest BCUT2D eigenvalue weighted by Gasteiger charge is 2.24. The maximum absolute atomic E-state index is 11.5. The zero-order valence-electron chi connectivity index (χ0n) is 9.89. The largest absolute Gasteiger partial charge is 0.548 e. The Hall–Kier alpha value is -2.04.